The first-order chi connectivity index (χ1) is 15.8. The summed E-state index contributed by atoms with van der Waals surface area (Å²) in [6, 6.07) is 12.7. The molecule has 33 heavy (non-hydrogen) atoms. The molecule has 0 atom stereocenters. The Balaban J connectivity index is 1.58. The lowest BCUT2D eigenvalue weighted by molar-refractivity contribution is -0.114. The van der Waals surface area contributed by atoms with E-state index in [2.05, 4.69) is 10.6 Å². The number of rotatable bonds is 6. The van der Waals surface area contributed by atoms with Gasteiger partial charge in [-0.3, -0.25) is 9.59 Å². The summed E-state index contributed by atoms with van der Waals surface area (Å²) in [5, 5.41) is 7.36. The zero-order valence-corrected chi connectivity index (χ0v) is 19.8. The SMILES string of the molecule is COc1ccc(NC(C)=O)c(NC(=O)c2cccc(S(=O)(=O)N3CCc4sccc4C3)c2)c1. The van der Waals surface area contributed by atoms with Crippen molar-refractivity contribution in [2.24, 2.45) is 0 Å². The van der Waals surface area contributed by atoms with Crippen LogP contribution >= 0.6 is 11.3 Å². The van der Waals surface area contributed by atoms with Gasteiger partial charge in [0.2, 0.25) is 15.9 Å². The average Bonchev–Trinajstić information content (AvgIpc) is 3.28. The highest BCUT2D eigenvalue weighted by atomic mass is 32.2. The molecule has 3 aromatic rings. The van der Waals surface area contributed by atoms with Crippen LogP contribution in [0, 0.1) is 0 Å². The number of anilines is 2. The lowest BCUT2D eigenvalue weighted by Gasteiger charge is -2.26. The fourth-order valence-corrected chi connectivity index (χ4v) is 5.98. The Morgan fingerprint density at radius 2 is 1.88 bits per heavy atom. The van der Waals surface area contributed by atoms with Crippen molar-refractivity contribution in [3.8, 4) is 5.75 Å². The second-order valence-electron chi connectivity index (χ2n) is 7.53. The van der Waals surface area contributed by atoms with Crippen molar-refractivity contribution in [3.63, 3.8) is 0 Å². The second-order valence-corrected chi connectivity index (χ2v) is 10.5. The first-order valence-electron chi connectivity index (χ1n) is 10.2. The number of carbonyl (C=O) groups is 2. The van der Waals surface area contributed by atoms with Crippen LogP contribution in [0.3, 0.4) is 0 Å². The van der Waals surface area contributed by atoms with E-state index in [1.54, 1.807) is 41.7 Å². The molecule has 1 aliphatic rings. The monoisotopic (exact) mass is 485 g/mol. The van der Waals surface area contributed by atoms with Crippen LogP contribution in [0.15, 0.2) is 58.8 Å². The number of thiophene rings is 1. The summed E-state index contributed by atoms with van der Waals surface area (Å²) >= 11 is 1.64. The third kappa shape index (κ3) is 4.92. The molecular weight excluding hydrogens is 462 g/mol. The normalized spacial score (nSPS) is 13.8. The van der Waals surface area contributed by atoms with Crippen molar-refractivity contribution < 1.29 is 22.7 Å². The van der Waals surface area contributed by atoms with Gasteiger partial charge >= 0.3 is 0 Å². The fourth-order valence-electron chi connectivity index (χ4n) is 3.62. The average molecular weight is 486 g/mol. The van der Waals surface area contributed by atoms with Crippen molar-refractivity contribution >= 4 is 44.5 Å². The number of hydrogen-bond acceptors (Lipinski definition) is 6. The third-order valence-electron chi connectivity index (χ3n) is 5.29. The molecule has 0 saturated carbocycles. The molecule has 8 nitrogen and oxygen atoms in total. The van der Waals surface area contributed by atoms with Gasteiger partial charge < -0.3 is 15.4 Å². The lowest BCUT2D eigenvalue weighted by atomic mass is 10.1. The van der Waals surface area contributed by atoms with Crippen LogP contribution in [0.1, 0.15) is 27.7 Å². The van der Waals surface area contributed by atoms with Crippen molar-refractivity contribution in [3.05, 3.63) is 69.9 Å². The van der Waals surface area contributed by atoms with Gasteiger partial charge in [0.25, 0.3) is 5.91 Å². The largest absolute Gasteiger partial charge is 0.497 e. The molecule has 2 heterocycles. The van der Waals surface area contributed by atoms with E-state index in [1.165, 1.54) is 35.3 Å². The molecule has 2 aromatic carbocycles. The highest BCUT2D eigenvalue weighted by Gasteiger charge is 2.29. The summed E-state index contributed by atoms with van der Waals surface area (Å²) in [4.78, 5) is 25.7. The van der Waals surface area contributed by atoms with E-state index in [4.69, 9.17) is 4.74 Å². The van der Waals surface area contributed by atoms with E-state index < -0.39 is 15.9 Å². The van der Waals surface area contributed by atoms with Crippen LogP contribution in [0.25, 0.3) is 0 Å². The molecule has 1 aromatic heterocycles. The zero-order chi connectivity index (χ0) is 23.6. The molecule has 172 valence electrons. The first-order valence-corrected chi connectivity index (χ1v) is 12.5. The maximum absolute atomic E-state index is 13.2. The van der Waals surface area contributed by atoms with Crippen molar-refractivity contribution in [2.45, 2.75) is 24.8 Å². The highest BCUT2D eigenvalue weighted by molar-refractivity contribution is 7.89. The highest BCUT2D eigenvalue weighted by Crippen LogP contribution is 2.30. The van der Waals surface area contributed by atoms with Gasteiger partial charge in [-0.05, 0) is 53.8 Å². The molecule has 0 unspecified atom stereocenters. The smallest absolute Gasteiger partial charge is 0.255 e. The van der Waals surface area contributed by atoms with Gasteiger partial charge in [-0.2, -0.15) is 4.31 Å². The summed E-state index contributed by atoms with van der Waals surface area (Å²) in [7, 11) is -2.27. The number of methoxy groups -OCH3 is 1. The van der Waals surface area contributed by atoms with Crippen molar-refractivity contribution in [1.29, 1.82) is 0 Å². The topological polar surface area (TPSA) is 105 Å². The number of amides is 2. The number of hydrogen-bond donors (Lipinski definition) is 2. The van der Waals surface area contributed by atoms with Gasteiger partial charge in [0.1, 0.15) is 5.75 Å². The minimum absolute atomic E-state index is 0.0570. The number of carbonyl (C=O) groups excluding carboxylic acids is 2. The van der Waals surface area contributed by atoms with E-state index in [1.807, 2.05) is 11.4 Å². The summed E-state index contributed by atoms with van der Waals surface area (Å²) in [6.45, 7) is 2.08. The predicted molar refractivity (Wildman–Crippen MR) is 127 cm³/mol. The molecule has 4 rings (SSSR count). The molecule has 0 radical (unpaired) electrons. The summed E-state index contributed by atoms with van der Waals surface area (Å²) < 4.78 is 33.1. The molecule has 2 amide bonds. The number of nitrogens with zero attached hydrogens (tertiary/aromatic N) is 1. The molecule has 0 spiro atoms. The molecule has 2 N–H and O–H groups in total. The van der Waals surface area contributed by atoms with Crippen molar-refractivity contribution in [1.82, 2.24) is 4.31 Å². The maximum atomic E-state index is 13.2. The van der Waals surface area contributed by atoms with E-state index in [0.717, 1.165) is 5.56 Å². The standard InChI is InChI=1S/C23H23N3O5S2/c1-15(27)24-20-7-6-18(31-2)13-21(20)25-23(28)16-4-3-5-19(12-16)33(29,30)26-10-8-22-17(14-26)9-11-32-22/h3-7,9,11-13H,8,10,14H2,1-2H3,(H,24,27)(H,25,28). The fraction of sp³-hybridized carbons (Fsp3) is 0.217. The van der Waals surface area contributed by atoms with E-state index >= 15 is 0 Å². The number of sulfonamides is 1. The van der Waals surface area contributed by atoms with Gasteiger partial charge in [0.15, 0.2) is 0 Å². The third-order valence-corrected chi connectivity index (χ3v) is 8.16. The minimum atomic E-state index is -3.77. The summed E-state index contributed by atoms with van der Waals surface area (Å²) in [6.07, 6.45) is 0.675. The molecule has 0 aliphatic carbocycles. The zero-order valence-electron chi connectivity index (χ0n) is 18.1. The lowest BCUT2D eigenvalue weighted by Crippen LogP contribution is -2.35. The first kappa shape index (κ1) is 23.0. The summed E-state index contributed by atoms with van der Waals surface area (Å²) in [5.41, 5.74) is 1.94. The Kier molecular flexibility index (Phi) is 6.50. The van der Waals surface area contributed by atoms with E-state index in [-0.39, 0.29) is 16.4 Å². The number of ether oxygens (including phenoxy) is 1. The van der Waals surface area contributed by atoms with Gasteiger partial charge in [-0.25, -0.2) is 8.42 Å². The molecular formula is C23H23N3O5S2. The van der Waals surface area contributed by atoms with Gasteiger partial charge in [0.05, 0.1) is 23.4 Å². The van der Waals surface area contributed by atoms with Gasteiger partial charge in [-0.1, -0.05) is 6.07 Å². The summed E-state index contributed by atoms with van der Waals surface area (Å²) in [5.74, 6) is -0.307. The Hall–Kier alpha value is -3.21. The Labute approximate surface area is 196 Å². The minimum Gasteiger partial charge on any atom is -0.497 e. The van der Waals surface area contributed by atoms with E-state index in [0.29, 0.717) is 36.6 Å². The van der Waals surface area contributed by atoms with Crippen LogP contribution < -0.4 is 15.4 Å². The second kappa shape index (κ2) is 9.34. The Bertz CT molecular complexity index is 1320. The number of benzene rings is 2. The van der Waals surface area contributed by atoms with Crippen LogP contribution in [-0.4, -0.2) is 38.2 Å². The van der Waals surface area contributed by atoms with Crippen LogP contribution in [-0.2, 0) is 27.8 Å². The van der Waals surface area contributed by atoms with Crippen LogP contribution in [0.2, 0.25) is 0 Å². The van der Waals surface area contributed by atoms with Gasteiger partial charge in [0, 0.05) is 36.5 Å². The van der Waals surface area contributed by atoms with Gasteiger partial charge in [-0.15, -0.1) is 11.3 Å². The quantitative estimate of drug-likeness (QED) is 0.554. The predicted octanol–water partition coefficient (Wildman–Crippen LogP) is 3.71. The van der Waals surface area contributed by atoms with Crippen LogP contribution in [0.5, 0.6) is 5.75 Å². The molecule has 10 heteroatoms. The molecule has 0 saturated heterocycles. The van der Waals surface area contributed by atoms with E-state index in [9.17, 15) is 18.0 Å². The Morgan fingerprint density at radius 1 is 1.06 bits per heavy atom. The maximum Gasteiger partial charge on any atom is 0.255 e. The number of fused-ring (bicyclic) bond motifs is 1. The Morgan fingerprint density at radius 3 is 2.64 bits per heavy atom. The van der Waals surface area contributed by atoms with Crippen molar-refractivity contribution in [2.75, 3.05) is 24.3 Å². The van der Waals surface area contributed by atoms with Crippen LogP contribution in [0.4, 0.5) is 11.4 Å². The number of nitrogens with one attached hydrogen (secondary N) is 2. The molecule has 1 aliphatic heterocycles. The molecule has 0 fully saturated rings. The molecule has 0 bridgehead atoms.